The van der Waals surface area contributed by atoms with Gasteiger partial charge < -0.3 is 14.2 Å². The number of esters is 2. The number of rotatable bonds is 5. The van der Waals surface area contributed by atoms with Gasteiger partial charge in [-0.15, -0.1) is 0 Å². The molecule has 0 aliphatic carbocycles. The van der Waals surface area contributed by atoms with Crippen molar-refractivity contribution >= 4 is 11.9 Å². The zero-order valence-electron chi connectivity index (χ0n) is 13.2. The molecule has 2 atom stereocenters. The minimum atomic E-state index is -1.07. The van der Waals surface area contributed by atoms with Gasteiger partial charge in [-0.25, -0.2) is 4.79 Å². The van der Waals surface area contributed by atoms with E-state index in [4.69, 9.17) is 14.2 Å². The van der Waals surface area contributed by atoms with Crippen LogP contribution in [0.3, 0.4) is 0 Å². The van der Waals surface area contributed by atoms with Gasteiger partial charge in [-0.1, -0.05) is 13.8 Å². The van der Waals surface area contributed by atoms with Gasteiger partial charge in [0.15, 0.2) is 5.60 Å². The van der Waals surface area contributed by atoms with Crippen molar-refractivity contribution in [2.45, 2.75) is 53.1 Å². The zero-order chi connectivity index (χ0) is 15.4. The second-order valence-corrected chi connectivity index (χ2v) is 6.19. The standard InChI is InChI=1S/C15H26O5/c1-6-18-12(16)8-11-9-14(3,4)10-20-15(11,5)13(17)19-7-2/h11H,6-10H2,1-5H3/t11-,15-/m0/s1. The van der Waals surface area contributed by atoms with E-state index >= 15 is 0 Å². The average Bonchev–Trinajstić information content (AvgIpc) is 2.34. The predicted octanol–water partition coefficient (Wildman–Crippen LogP) is 2.32. The Morgan fingerprint density at radius 1 is 1.15 bits per heavy atom. The molecular formula is C15H26O5. The van der Waals surface area contributed by atoms with Crippen molar-refractivity contribution in [3.8, 4) is 0 Å². The van der Waals surface area contributed by atoms with Gasteiger partial charge in [-0.3, -0.25) is 4.79 Å². The van der Waals surface area contributed by atoms with Gasteiger partial charge in [0.2, 0.25) is 0 Å². The van der Waals surface area contributed by atoms with E-state index in [1.165, 1.54) is 0 Å². The lowest BCUT2D eigenvalue weighted by molar-refractivity contribution is -0.200. The molecule has 0 bridgehead atoms. The molecule has 116 valence electrons. The van der Waals surface area contributed by atoms with Crippen LogP contribution >= 0.6 is 0 Å². The number of ether oxygens (including phenoxy) is 3. The van der Waals surface area contributed by atoms with Crippen LogP contribution in [0, 0.1) is 11.3 Å². The van der Waals surface area contributed by atoms with Crippen LogP contribution in [-0.4, -0.2) is 37.4 Å². The SMILES string of the molecule is CCOC(=O)C[C@H]1CC(C)(C)CO[C@]1(C)C(=O)OCC. The third-order valence-corrected chi connectivity index (χ3v) is 3.74. The summed E-state index contributed by atoms with van der Waals surface area (Å²) < 4.78 is 15.9. The predicted molar refractivity (Wildman–Crippen MR) is 74.1 cm³/mol. The summed E-state index contributed by atoms with van der Waals surface area (Å²) in [5.74, 6) is -0.927. The van der Waals surface area contributed by atoms with E-state index < -0.39 is 11.6 Å². The Hall–Kier alpha value is -1.10. The number of hydrogen-bond acceptors (Lipinski definition) is 5. The first-order chi connectivity index (χ1) is 9.25. The van der Waals surface area contributed by atoms with Gasteiger partial charge in [0.1, 0.15) is 0 Å². The quantitative estimate of drug-likeness (QED) is 0.726. The molecular weight excluding hydrogens is 260 g/mol. The Morgan fingerprint density at radius 2 is 1.75 bits per heavy atom. The van der Waals surface area contributed by atoms with Crippen molar-refractivity contribution < 1.29 is 23.8 Å². The highest BCUT2D eigenvalue weighted by Crippen LogP contribution is 2.42. The molecule has 1 aliphatic rings. The van der Waals surface area contributed by atoms with Crippen LogP contribution in [0.2, 0.25) is 0 Å². The molecule has 1 heterocycles. The molecule has 20 heavy (non-hydrogen) atoms. The van der Waals surface area contributed by atoms with E-state index in [0.29, 0.717) is 19.8 Å². The fourth-order valence-electron chi connectivity index (χ4n) is 2.57. The van der Waals surface area contributed by atoms with Gasteiger partial charge in [0.25, 0.3) is 0 Å². The minimum absolute atomic E-state index is 0.0663. The molecule has 5 nitrogen and oxygen atoms in total. The topological polar surface area (TPSA) is 61.8 Å². The normalized spacial score (nSPS) is 28.8. The molecule has 1 saturated heterocycles. The average molecular weight is 286 g/mol. The lowest BCUT2D eigenvalue weighted by Crippen LogP contribution is -2.54. The molecule has 0 aromatic heterocycles. The van der Waals surface area contributed by atoms with Crippen molar-refractivity contribution in [1.82, 2.24) is 0 Å². The zero-order valence-corrected chi connectivity index (χ0v) is 13.2. The number of hydrogen-bond donors (Lipinski definition) is 0. The summed E-state index contributed by atoms with van der Waals surface area (Å²) in [6.07, 6.45) is 0.897. The van der Waals surface area contributed by atoms with Crippen LogP contribution < -0.4 is 0 Å². The maximum Gasteiger partial charge on any atom is 0.338 e. The Bertz CT molecular complexity index is 363. The first kappa shape index (κ1) is 17.0. The summed E-state index contributed by atoms with van der Waals surface area (Å²) in [5.41, 5.74) is -1.14. The van der Waals surface area contributed by atoms with Gasteiger partial charge >= 0.3 is 11.9 Å². The van der Waals surface area contributed by atoms with Crippen LogP contribution in [0.4, 0.5) is 0 Å². The molecule has 0 aromatic carbocycles. The lowest BCUT2D eigenvalue weighted by atomic mass is 9.72. The monoisotopic (exact) mass is 286 g/mol. The first-order valence-electron chi connectivity index (χ1n) is 7.22. The molecule has 1 rings (SSSR count). The Morgan fingerprint density at radius 3 is 2.30 bits per heavy atom. The van der Waals surface area contributed by atoms with E-state index in [1.807, 2.05) is 0 Å². The molecule has 0 aromatic rings. The maximum atomic E-state index is 12.2. The highest BCUT2D eigenvalue weighted by Gasteiger charge is 2.50. The first-order valence-corrected chi connectivity index (χ1v) is 7.22. The summed E-state index contributed by atoms with van der Waals surface area (Å²) in [6, 6.07) is 0. The van der Waals surface area contributed by atoms with Gasteiger partial charge in [0.05, 0.1) is 26.2 Å². The van der Waals surface area contributed by atoms with Gasteiger partial charge in [-0.2, -0.15) is 0 Å². The fourth-order valence-corrected chi connectivity index (χ4v) is 2.57. The lowest BCUT2D eigenvalue weighted by Gasteiger charge is -2.45. The van der Waals surface area contributed by atoms with Crippen molar-refractivity contribution in [3.05, 3.63) is 0 Å². The van der Waals surface area contributed by atoms with E-state index in [2.05, 4.69) is 13.8 Å². The molecule has 0 spiro atoms. The van der Waals surface area contributed by atoms with Crippen LogP contribution in [0.25, 0.3) is 0 Å². The second-order valence-electron chi connectivity index (χ2n) is 6.19. The van der Waals surface area contributed by atoms with Crippen molar-refractivity contribution in [1.29, 1.82) is 0 Å². The maximum absolute atomic E-state index is 12.2. The Balaban J connectivity index is 2.89. The van der Waals surface area contributed by atoms with Crippen LogP contribution in [0.15, 0.2) is 0 Å². The molecule has 1 fully saturated rings. The summed E-state index contributed by atoms with van der Waals surface area (Å²) in [7, 11) is 0. The molecule has 5 heteroatoms. The molecule has 0 saturated carbocycles. The van der Waals surface area contributed by atoms with Crippen molar-refractivity contribution in [3.63, 3.8) is 0 Å². The second kappa shape index (κ2) is 6.57. The summed E-state index contributed by atoms with van der Waals surface area (Å²) in [4.78, 5) is 23.9. The number of carbonyl (C=O) groups excluding carboxylic acids is 2. The highest BCUT2D eigenvalue weighted by molar-refractivity contribution is 5.81. The molecule has 0 unspecified atom stereocenters. The van der Waals surface area contributed by atoms with E-state index in [1.54, 1.807) is 20.8 Å². The molecule has 1 aliphatic heterocycles. The summed E-state index contributed by atoms with van der Waals surface area (Å²) in [6.45, 7) is 10.5. The van der Waals surface area contributed by atoms with Crippen molar-refractivity contribution in [2.75, 3.05) is 19.8 Å². The van der Waals surface area contributed by atoms with Gasteiger partial charge in [-0.05, 0) is 32.6 Å². The Kier molecular flexibility index (Phi) is 5.57. The summed E-state index contributed by atoms with van der Waals surface area (Å²) >= 11 is 0. The number of carbonyl (C=O) groups is 2. The van der Waals surface area contributed by atoms with E-state index in [9.17, 15) is 9.59 Å². The van der Waals surface area contributed by atoms with E-state index in [0.717, 1.165) is 6.42 Å². The highest BCUT2D eigenvalue weighted by atomic mass is 16.6. The van der Waals surface area contributed by atoms with Crippen LogP contribution in [0.1, 0.15) is 47.5 Å². The van der Waals surface area contributed by atoms with Crippen LogP contribution in [0.5, 0.6) is 0 Å². The molecule has 0 N–H and O–H groups in total. The Labute approximate surface area is 121 Å². The minimum Gasteiger partial charge on any atom is -0.466 e. The third kappa shape index (κ3) is 3.95. The third-order valence-electron chi connectivity index (χ3n) is 3.74. The van der Waals surface area contributed by atoms with E-state index in [-0.39, 0.29) is 23.7 Å². The smallest absolute Gasteiger partial charge is 0.338 e. The molecule has 0 radical (unpaired) electrons. The van der Waals surface area contributed by atoms with Crippen molar-refractivity contribution in [2.24, 2.45) is 11.3 Å². The van der Waals surface area contributed by atoms with Gasteiger partial charge in [0, 0.05) is 5.92 Å². The largest absolute Gasteiger partial charge is 0.466 e. The molecule has 0 amide bonds. The summed E-state index contributed by atoms with van der Waals surface area (Å²) in [5, 5.41) is 0. The van der Waals surface area contributed by atoms with Crippen LogP contribution in [-0.2, 0) is 23.8 Å². The fraction of sp³-hybridized carbons (Fsp3) is 0.867.